The van der Waals surface area contributed by atoms with Gasteiger partial charge in [0.15, 0.2) is 0 Å². The molecule has 17 nitrogen and oxygen atoms in total. The molecule has 2 atom stereocenters. The van der Waals surface area contributed by atoms with Gasteiger partial charge in [0.05, 0.1) is 23.8 Å². The lowest BCUT2D eigenvalue weighted by atomic mass is 10.2. The number of hydroxylamine groups is 2. The van der Waals surface area contributed by atoms with Crippen molar-refractivity contribution in [1.82, 2.24) is 25.7 Å². The lowest BCUT2D eigenvalue weighted by Gasteiger charge is -2.28. The molecule has 2 fully saturated rings. The molecule has 0 spiro atoms. The number of likely N-dealkylation sites (tertiary alicyclic amines) is 1. The molecule has 44 heavy (non-hydrogen) atoms. The van der Waals surface area contributed by atoms with Crippen LogP contribution in [0.15, 0.2) is 24.3 Å². The Labute approximate surface area is 258 Å². The molecule has 0 aliphatic carbocycles. The van der Waals surface area contributed by atoms with Crippen LogP contribution in [0.3, 0.4) is 0 Å². The maximum atomic E-state index is 12.9. The van der Waals surface area contributed by atoms with Crippen LogP contribution in [0.4, 0.5) is 10.5 Å². The molecule has 2 N–H and O–H groups in total. The summed E-state index contributed by atoms with van der Waals surface area (Å²) in [4.78, 5) is 66.3. The topological polar surface area (TPSA) is 207 Å². The van der Waals surface area contributed by atoms with Gasteiger partial charge in [-0.15, -0.1) is 0 Å². The van der Waals surface area contributed by atoms with E-state index in [0.717, 1.165) is 13.2 Å². The van der Waals surface area contributed by atoms with E-state index in [4.69, 9.17) is 13.8 Å². The minimum Gasteiger partial charge on any atom is -0.445 e. The number of carbonyl (C=O) groups excluding carboxylic acids is 4. The van der Waals surface area contributed by atoms with Gasteiger partial charge in [-0.05, 0) is 24.1 Å². The van der Waals surface area contributed by atoms with E-state index in [1.807, 2.05) is 0 Å². The zero-order valence-electron chi connectivity index (χ0n) is 24.3. The van der Waals surface area contributed by atoms with E-state index in [9.17, 15) is 37.7 Å². The Morgan fingerprint density at radius 3 is 2.48 bits per heavy atom. The molecule has 0 aromatic heterocycles. The monoisotopic (exact) mass is 660 g/mol. The van der Waals surface area contributed by atoms with Crippen LogP contribution in [-0.2, 0) is 44.9 Å². The molecule has 0 saturated carbocycles. The van der Waals surface area contributed by atoms with Crippen LogP contribution in [0.5, 0.6) is 0 Å². The van der Waals surface area contributed by atoms with E-state index < -0.39 is 57.6 Å². The van der Waals surface area contributed by atoms with Gasteiger partial charge < -0.3 is 19.8 Å². The molecule has 0 bridgehead atoms. The molecule has 3 amide bonds. The predicted molar refractivity (Wildman–Crippen MR) is 156 cm³/mol. The molecule has 2 unspecified atom stereocenters. The van der Waals surface area contributed by atoms with Crippen molar-refractivity contribution in [2.24, 2.45) is 0 Å². The molecule has 2 aliphatic heterocycles. The van der Waals surface area contributed by atoms with E-state index in [2.05, 4.69) is 10.7 Å². The smallest absolute Gasteiger partial charge is 0.410 e. The Morgan fingerprint density at radius 2 is 1.86 bits per heavy atom. The first-order valence-electron chi connectivity index (χ1n) is 13.7. The zero-order valence-corrected chi connectivity index (χ0v) is 26.0. The Kier molecular flexibility index (Phi) is 13.1. The summed E-state index contributed by atoms with van der Waals surface area (Å²) in [6, 6.07) is 5.02. The van der Waals surface area contributed by atoms with Crippen molar-refractivity contribution in [3.63, 3.8) is 0 Å². The molecule has 2 aliphatic rings. The van der Waals surface area contributed by atoms with Crippen LogP contribution in [0.2, 0.25) is 0 Å². The number of non-ortho nitro benzene ring substituents is 1. The van der Waals surface area contributed by atoms with Crippen molar-refractivity contribution in [1.29, 1.82) is 0 Å². The van der Waals surface area contributed by atoms with Crippen molar-refractivity contribution in [2.75, 3.05) is 57.0 Å². The Morgan fingerprint density at radius 1 is 1.18 bits per heavy atom. The molecule has 0 radical (unpaired) electrons. The number of hydrazine groups is 1. The highest BCUT2D eigenvalue weighted by molar-refractivity contribution is 7.99. The third-order valence-corrected chi connectivity index (χ3v) is 8.14. The fourth-order valence-corrected chi connectivity index (χ4v) is 6.17. The van der Waals surface area contributed by atoms with Gasteiger partial charge in [-0.3, -0.25) is 34.1 Å². The third-order valence-electron chi connectivity index (χ3n) is 6.41. The van der Waals surface area contributed by atoms with E-state index in [1.165, 1.54) is 40.9 Å². The standard InChI is InChI=1S/C25H36N6O11S2/c1-18(32)41-30(15-23(33)27-28-10-8-26-9-11-28)24(34)7-12-43-17-21-13-22(42-44(2,38)39)14-29(21)25(35)40-16-19-3-5-20(6-4-19)31(36)37/h3-6,21-22,26H,7-17H2,1-2H3,(H,27,33). The SMILES string of the molecule is CC(=O)ON(CC(=O)NN1CCNCC1)C(=O)CCSCC1CC(OS(C)(=O)=O)CN1C(=O)OCc1ccc([N+](=O)[O-])cc1. The number of hydrogen-bond donors (Lipinski definition) is 2. The summed E-state index contributed by atoms with van der Waals surface area (Å²) in [5.41, 5.74) is 3.10. The number of amides is 3. The molecule has 3 rings (SSSR count). The first-order valence-corrected chi connectivity index (χ1v) is 16.6. The summed E-state index contributed by atoms with van der Waals surface area (Å²) >= 11 is 1.30. The number of carbonyl (C=O) groups is 4. The molecule has 2 saturated heterocycles. The molecule has 1 aromatic rings. The van der Waals surface area contributed by atoms with Gasteiger partial charge in [-0.25, -0.2) is 9.80 Å². The molecular weight excluding hydrogens is 624 g/mol. The number of nitro groups is 1. The Bertz CT molecular complexity index is 1290. The molecular formula is C25H36N6O11S2. The summed E-state index contributed by atoms with van der Waals surface area (Å²) in [6.45, 7) is 3.00. The average Bonchev–Trinajstić information content (AvgIpc) is 3.34. The number of ether oxygens (including phenoxy) is 1. The van der Waals surface area contributed by atoms with Crippen LogP contribution in [-0.4, -0.2) is 121 Å². The van der Waals surface area contributed by atoms with Crippen molar-refractivity contribution in [2.45, 2.75) is 38.5 Å². The molecule has 2 heterocycles. The minimum atomic E-state index is -3.79. The molecule has 1 aromatic carbocycles. The van der Waals surface area contributed by atoms with Crippen LogP contribution in [0.1, 0.15) is 25.3 Å². The number of piperazine rings is 1. The van der Waals surface area contributed by atoms with Crippen LogP contribution in [0.25, 0.3) is 0 Å². The van der Waals surface area contributed by atoms with Crippen molar-refractivity contribution >= 4 is 51.4 Å². The highest BCUT2D eigenvalue weighted by Gasteiger charge is 2.38. The number of nitrogens with one attached hydrogen (secondary N) is 2. The van der Waals surface area contributed by atoms with Gasteiger partial charge in [-0.2, -0.15) is 25.2 Å². The molecule has 244 valence electrons. The van der Waals surface area contributed by atoms with E-state index >= 15 is 0 Å². The molecule has 19 heteroatoms. The summed E-state index contributed by atoms with van der Waals surface area (Å²) in [6.07, 6.45) is -0.484. The second-order valence-electron chi connectivity index (χ2n) is 10.1. The fourth-order valence-electron chi connectivity index (χ4n) is 4.46. The van der Waals surface area contributed by atoms with Crippen molar-refractivity contribution in [3.8, 4) is 0 Å². The Balaban J connectivity index is 1.52. The van der Waals surface area contributed by atoms with E-state index in [1.54, 1.807) is 5.01 Å². The van der Waals surface area contributed by atoms with Gasteiger partial charge in [-0.1, -0.05) is 0 Å². The van der Waals surface area contributed by atoms with Crippen LogP contribution < -0.4 is 10.7 Å². The first-order chi connectivity index (χ1) is 20.8. The quantitative estimate of drug-likeness (QED) is 0.124. The second kappa shape index (κ2) is 16.5. The van der Waals surface area contributed by atoms with Gasteiger partial charge in [0.2, 0.25) is 0 Å². The number of nitro benzene ring substituents is 1. The lowest BCUT2D eigenvalue weighted by molar-refractivity contribution is -0.384. The van der Waals surface area contributed by atoms with Crippen LogP contribution >= 0.6 is 11.8 Å². The second-order valence-corrected chi connectivity index (χ2v) is 12.8. The van der Waals surface area contributed by atoms with E-state index in [-0.39, 0.29) is 37.4 Å². The van der Waals surface area contributed by atoms with Gasteiger partial charge in [0.1, 0.15) is 13.2 Å². The largest absolute Gasteiger partial charge is 0.445 e. The first kappa shape index (κ1) is 35.0. The zero-order chi connectivity index (χ0) is 32.3. The van der Waals surface area contributed by atoms with Crippen LogP contribution in [0, 0.1) is 10.1 Å². The van der Waals surface area contributed by atoms with E-state index in [0.29, 0.717) is 42.6 Å². The predicted octanol–water partition coefficient (Wildman–Crippen LogP) is 0.0169. The van der Waals surface area contributed by atoms with Crippen molar-refractivity contribution in [3.05, 3.63) is 39.9 Å². The fraction of sp³-hybridized carbons (Fsp3) is 0.600. The number of thioether (sulfide) groups is 1. The summed E-state index contributed by atoms with van der Waals surface area (Å²) in [5, 5.41) is 16.4. The number of rotatable bonds is 13. The summed E-state index contributed by atoms with van der Waals surface area (Å²) in [5.74, 6) is -1.31. The summed E-state index contributed by atoms with van der Waals surface area (Å²) < 4.78 is 33.9. The van der Waals surface area contributed by atoms with Crippen molar-refractivity contribution < 1.29 is 46.3 Å². The maximum absolute atomic E-state index is 12.9. The van der Waals surface area contributed by atoms with Gasteiger partial charge >= 0.3 is 12.1 Å². The van der Waals surface area contributed by atoms with Gasteiger partial charge in [0, 0.05) is 69.2 Å². The minimum absolute atomic E-state index is 0.0429. The summed E-state index contributed by atoms with van der Waals surface area (Å²) in [7, 11) is -3.79. The average molecular weight is 661 g/mol. The highest BCUT2D eigenvalue weighted by Crippen LogP contribution is 2.26. The third kappa shape index (κ3) is 11.9. The highest BCUT2D eigenvalue weighted by atomic mass is 32.2. The normalized spacial score (nSPS) is 18.8. The Hall–Kier alpha value is -3.52. The van der Waals surface area contributed by atoms with Gasteiger partial charge in [0.25, 0.3) is 27.6 Å². The lowest BCUT2D eigenvalue weighted by Crippen LogP contribution is -2.54. The number of hydrogen-bond acceptors (Lipinski definition) is 14. The number of nitrogens with zero attached hydrogens (tertiary/aromatic N) is 4. The number of benzene rings is 1. The maximum Gasteiger partial charge on any atom is 0.410 e.